The van der Waals surface area contributed by atoms with Crippen LogP contribution in [0, 0.1) is 5.92 Å². The lowest BCUT2D eigenvalue weighted by Gasteiger charge is -2.27. The summed E-state index contributed by atoms with van der Waals surface area (Å²) in [7, 11) is 1.65. The van der Waals surface area contributed by atoms with Gasteiger partial charge in [-0.05, 0) is 31.0 Å². The maximum Gasteiger partial charge on any atom is 0.220 e. The van der Waals surface area contributed by atoms with Crippen molar-refractivity contribution in [1.82, 2.24) is 10.2 Å². The Kier molecular flexibility index (Phi) is 6.53. The molecule has 3 rings (SSSR count). The minimum absolute atomic E-state index is 0.133. The number of ether oxygens (including phenoxy) is 3. The number of hydrogen-bond acceptors (Lipinski definition) is 5. The summed E-state index contributed by atoms with van der Waals surface area (Å²) >= 11 is 0. The van der Waals surface area contributed by atoms with Crippen LogP contribution in [0.5, 0.6) is 11.5 Å². The van der Waals surface area contributed by atoms with E-state index in [0.717, 1.165) is 57.2 Å². The summed E-state index contributed by atoms with van der Waals surface area (Å²) in [5.74, 6) is 2.16. The maximum absolute atomic E-state index is 12.0. The Bertz CT molecular complexity index is 573. The number of methoxy groups -OCH3 is 1. The molecule has 2 aliphatic rings. The predicted molar refractivity (Wildman–Crippen MR) is 95.2 cm³/mol. The largest absolute Gasteiger partial charge is 0.497 e. The Hall–Kier alpha value is -1.79. The summed E-state index contributed by atoms with van der Waals surface area (Å²) in [4.78, 5) is 14.4. The van der Waals surface area contributed by atoms with Gasteiger partial charge in [0.15, 0.2) is 0 Å². The van der Waals surface area contributed by atoms with Gasteiger partial charge in [0.05, 0.1) is 26.9 Å². The van der Waals surface area contributed by atoms with Crippen LogP contribution in [-0.2, 0) is 16.0 Å². The van der Waals surface area contributed by atoms with Crippen LogP contribution < -0.4 is 14.8 Å². The van der Waals surface area contributed by atoms with Crippen LogP contribution in [0.1, 0.15) is 18.4 Å². The molecule has 1 N–H and O–H groups in total. The smallest absolute Gasteiger partial charge is 0.220 e. The molecule has 0 radical (unpaired) electrons. The third-order valence-electron chi connectivity index (χ3n) is 4.83. The number of carbonyl (C=O) groups excluding carboxylic acids is 1. The van der Waals surface area contributed by atoms with Gasteiger partial charge in [-0.2, -0.15) is 0 Å². The standard InChI is InChI=1S/C19H28N2O4/c1-23-17-5-4-16-11-15(14-25-18(16)12-17)13-20-19(22)3-2-6-21-7-9-24-10-8-21/h4-5,12,15H,2-3,6-11,13-14H2,1H3,(H,20,22)/t15-/m0/s1. The van der Waals surface area contributed by atoms with Crippen LogP contribution in [0.15, 0.2) is 18.2 Å². The van der Waals surface area contributed by atoms with Gasteiger partial charge in [0, 0.05) is 38.0 Å². The molecule has 1 amide bonds. The second-order valence-corrected chi connectivity index (χ2v) is 6.72. The van der Waals surface area contributed by atoms with E-state index in [1.807, 2.05) is 18.2 Å². The zero-order valence-corrected chi connectivity index (χ0v) is 15.0. The third-order valence-corrected chi connectivity index (χ3v) is 4.83. The molecule has 1 saturated heterocycles. The number of fused-ring (bicyclic) bond motifs is 1. The van der Waals surface area contributed by atoms with Crippen molar-refractivity contribution < 1.29 is 19.0 Å². The Balaban J connectivity index is 1.35. The molecule has 25 heavy (non-hydrogen) atoms. The highest BCUT2D eigenvalue weighted by Gasteiger charge is 2.21. The Morgan fingerprint density at radius 2 is 2.20 bits per heavy atom. The molecule has 1 atom stereocenters. The molecule has 2 heterocycles. The molecule has 0 saturated carbocycles. The lowest BCUT2D eigenvalue weighted by atomic mass is 9.96. The first-order valence-electron chi connectivity index (χ1n) is 9.11. The average molecular weight is 348 g/mol. The highest BCUT2D eigenvalue weighted by atomic mass is 16.5. The number of morpholine rings is 1. The Labute approximate surface area is 149 Å². The van der Waals surface area contributed by atoms with Crippen molar-refractivity contribution in [3.05, 3.63) is 23.8 Å². The van der Waals surface area contributed by atoms with E-state index in [0.29, 0.717) is 25.5 Å². The number of nitrogens with one attached hydrogen (secondary N) is 1. The van der Waals surface area contributed by atoms with Gasteiger partial charge in [-0.3, -0.25) is 9.69 Å². The van der Waals surface area contributed by atoms with Crippen LogP contribution in [0.4, 0.5) is 0 Å². The van der Waals surface area contributed by atoms with Crippen LogP contribution in [-0.4, -0.2) is 63.9 Å². The fourth-order valence-corrected chi connectivity index (χ4v) is 3.31. The van der Waals surface area contributed by atoms with Crippen molar-refractivity contribution in [3.8, 4) is 11.5 Å². The quantitative estimate of drug-likeness (QED) is 0.809. The van der Waals surface area contributed by atoms with Gasteiger partial charge in [0.1, 0.15) is 11.5 Å². The average Bonchev–Trinajstić information content (AvgIpc) is 2.66. The molecular formula is C19H28N2O4. The van der Waals surface area contributed by atoms with E-state index >= 15 is 0 Å². The number of carbonyl (C=O) groups is 1. The molecule has 6 nitrogen and oxygen atoms in total. The Morgan fingerprint density at radius 1 is 1.36 bits per heavy atom. The summed E-state index contributed by atoms with van der Waals surface area (Å²) in [5.41, 5.74) is 1.18. The Morgan fingerprint density at radius 3 is 3.00 bits per heavy atom. The lowest BCUT2D eigenvalue weighted by Crippen LogP contribution is -2.38. The van der Waals surface area contributed by atoms with E-state index in [-0.39, 0.29) is 5.91 Å². The second kappa shape index (κ2) is 9.06. The van der Waals surface area contributed by atoms with E-state index in [1.54, 1.807) is 7.11 Å². The fourth-order valence-electron chi connectivity index (χ4n) is 3.31. The first kappa shape index (κ1) is 18.0. The SMILES string of the molecule is COc1ccc2c(c1)OC[C@H](CNC(=O)CCCN1CCOCC1)C2. The summed E-state index contributed by atoms with van der Waals surface area (Å²) in [6.45, 7) is 5.84. The molecule has 1 aromatic carbocycles. The van der Waals surface area contributed by atoms with Crippen LogP contribution in [0.2, 0.25) is 0 Å². The minimum Gasteiger partial charge on any atom is -0.497 e. The van der Waals surface area contributed by atoms with Gasteiger partial charge in [0.25, 0.3) is 0 Å². The van der Waals surface area contributed by atoms with E-state index < -0.39 is 0 Å². The molecular weight excluding hydrogens is 320 g/mol. The first-order valence-corrected chi connectivity index (χ1v) is 9.11. The molecule has 0 unspecified atom stereocenters. The topological polar surface area (TPSA) is 60.0 Å². The zero-order valence-electron chi connectivity index (χ0n) is 15.0. The zero-order chi connectivity index (χ0) is 17.5. The number of nitrogens with zero attached hydrogens (tertiary/aromatic N) is 1. The van der Waals surface area contributed by atoms with Crippen molar-refractivity contribution in [1.29, 1.82) is 0 Å². The van der Waals surface area contributed by atoms with Gasteiger partial charge < -0.3 is 19.5 Å². The highest BCUT2D eigenvalue weighted by Crippen LogP contribution is 2.30. The number of hydrogen-bond donors (Lipinski definition) is 1. The van der Waals surface area contributed by atoms with Crippen molar-refractivity contribution >= 4 is 5.91 Å². The van der Waals surface area contributed by atoms with Gasteiger partial charge in [0.2, 0.25) is 5.91 Å². The number of benzene rings is 1. The predicted octanol–water partition coefficient (Wildman–Crippen LogP) is 1.47. The normalized spacial score (nSPS) is 20.4. The second-order valence-electron chi connectivity index (χ2n) is 6.72. The molecule has 0 bridgehead atoms. The van der Waals surface area contributed by atoms with Crippen molar-refractivity contribution in [2.24, 2.45) is 5.92 Å². The van der Waals surface area contributed by atoms with Crippen LogP contribution in [0.25, 0.3) is 0 Å². The minimum atomic E-state index is 0.133. The van der Waals surface area contributed by atoms with E-state index in [1.165, 1.54) is 5.56 Å². The van der Waals surface area contributed by atoms with Gasteiger partial charge in [-0.25, -0.2) is 0 Å². The number of amides is 1. The molecule has 2 aliphatic heterocycles. The van der Waals surface area contributed by atoms with Crippen molar-refractivity contribution in [2.45, 2.75) is 19.3 Å². The number of rotatable bonds is 7. The summed E-state index contributed by atoms with van der Waals surface area (Å²) in [6.07, 6.45) is 2.40. The van der Waals surface area contributed by atoms with E-state index in [9.17, 15) is 4.79 Å². The van der Waals surface area contributed by atoms with Crippen LogP contribution in [0.3, 0.4) is 0 Å². The molecule has 1 fully saturated rings. The molecule has 138 valence electrons. The van der Waals surface area contributed by atoms with E-state index in [4.69, 9.17) is 14.2 Å². The van der Waals surface area contributed by atoms with Gasteiger partial charge >= 0.3 is 0 Å². The molecule has 0 aliphatic carbocycles. The molecule has 6 heteroatoms. The van der Waals surface area contributed by atoms with Gasteiger partial charge in [-0.1, -0.05) is 6.07 Å². The molecule has 0 aromatic heterocycles. The van der Waals surface area contributed by atoms with Crippen LogP contribution >= 0.6 is 0 Å². The summed E-state index contributed by atoms with van der Waals surface area (Å²) in [5, 5.41) is 3.06. The molecule has 1 aromatic rings. The lowest BCUT2D eigenvalue weighted by molar-refractivity contribution is -0.121. The molecule has 0 spiro atoms. The third kappa shape index (κ3) is 5.34. The van der Waals surface area contributed by atoms with Crippen molar-refractivity contribution in [3.63, 3.8) is 0 Å². The highest BCUT2D eigenvalue weighted by molar-refractivity contribution is 5.75. The van der Waals surface area contributed by atoms with Gasteiger partial charge in [-0.15, -0.1) is 0 Å². The van der Waals surface area contributed by atoms with Crippen molar-refractivity contribution in [2.75, 3.05) is 53.1 Å². The van der Waals surface area contributed by atoms with E-state index in [2.05, 4.69) is 10.2 Å². The first-order chi connectivity index (χ1) is 12.2. The fraction of sp³-hybridized carbons (Fsp3) is 0.632. The monoisotopic (exact) mass is 348 g/mol. The summed E-state index contributed by atoms with van der Waals surface area (Å²) in [6, 6.07) is 5.93. The summed E-state index contributed by atoms with van der Waals surface area (Å²) < 4.78 is 16.4. The maximum atomic E-state index is 12.0.